The molecule has 21 heteroatoms. The summed E-state index contributed by atoms with van der Waals surface area (Å²) >= 11 is 0. The Kier molecular flexibility index (Phi) is 9.43. The van der Waals surface area contributed by atoms with Crippen LogP contribution < -0.4 is 11.0 Å². The zero-order valence-electron chi connectivity index (χ0n) is 14.4. The number of aromatic nitrogens is 2. The Morgan fingerprint density at radius 3 is 2.00 bits per heavy atom. The average molecular weight is 501 g/mol. The lowest BCUT2D eigenvalue weighted by atomic mass is 10.1. The summed E-state index contributed by atoms with van der Waals surface area (Å²) in [6.45, 7) is -0.404. The molecule has 0 radical (unpaired) electrons. The first kappa shape index (κ1) is 27.0. The predicted molar refractivity (Wildman–Crippen MR) is 92.3 cm³/mol. The van der Waals surface area contributed by atoms with Gasteiger partial charge in [0.05, 0.1) is 6.61 Å². The van der Waals surface area contributed by atoms with Crippen LogP contribution in [0.15, 0.2) is 17.1 Å². The van der Waals surface area contributed by atoms with Crippen molar-refractivity contribution in [1.82, 2.24) is 9.97 Å². The molecule has 0 saturated carbocycles. The Morgan fingerprint density at radius 1 is 1.07 bits per heavy atom. The summed E-state index contributed by atoms with van der Waals surface area (Å²) in [5, 5.41) is 30.7. The number of nitrogens with one attached hydrogen (secondary N) is 2. The second-order valence-corrected chi connectivity index (χ2v) is 9.50. The molecule has 1 aliphatic rings. The average Bonchev–Trinajstić information content (AvgIpc) is 2.78. The Balaban J connectivity index is 0.000000314. The number of H-pyrrole nitrogens is 1. The third-order valence-corrected chi connectivity index (χ3v) is 6.27. The number of anilines is 1. The van der Waals surface area contributed by atoms with Crippen LogP contribution in [0.3, 0.4) is 0 Å². The fourth-order valence-electron chi connectivity index (χ4n) is 1.90. The van der Waals surface area contributed by atoms with Gasteiger partial charge in [0.15, 0.2) is 6.23 Å². The lowest BCUT2D eigenvalue weighted by molar-refractivity contribution is -0.0154. The second-order valence-electron chi connectivity index (χ2n) is 5.30. The molecule has 1 unspecified atom stereocenters. The molecule has 1 saturated heterocycles. The number of rotatable bonds is 7. The van der Waals surface area contributed by atoms with Crippen molar-refractivity contribution >= 4 is 29.3 Å². The van der Waals surface area contributed by atoms with Crippen molar-refractivity contribution in [2.75, 3.05) is 11.9 Å². The van der Waals surface area contributed by atoms with Gasteiger partial charge >= 0.3 is 29.2 Å². The van der Waals surface area contributed by atoms with E-state index in [4.69, 9.17) is 34.3 Å². The maximum absolute atomic E-state index is 10.9. The summed E-state index contributed by atoms with van der Waals surface area (Å²) in [4.78, 5) is 57.1. The molecule has 1 aliphatic heterocycles. The predicted octanol–water partition coefficient (Wildman–Crippen LogP) is -3.07. The maximum atomic E-state index is 10.9. The first-order valence-corrected chi connectivity index (χ1v) is 11.9. The summed E-state index contributed by atoms with van der Waals surface area (Å²) in [5.74, 6) is 0.212. The number of aliphatic hydroxyl groups excluding tert-OH is 3. The lowest BCUT2D eigenvalue weighted by Gasteiger charge is -2.16. The van der Waals surface area contributed by atoms with Crippen LogP contribution in [0.1, 0.15) is 0 Å². The van der Waals surface area contributed by atoms with Gasteiger partial charge in [-0.3, -0.25) is 0 Å². The molecule has 30 heavy (non-hydrogen) atoms. The van der Waals surface area contributed by atoms with Crippen LogP contribution in [-0.2, 0) is 27.1 Å². The van der Waals surface area contributed by atoms with E-state index in [0.29, 0.717) is 0 Å². The molecule has 1 fully saturated rings. The Hall–Kier alpha value is -1.07. The quantitative estimate of drug-likeness (QED) is 0.166. The Bertz CT molecular complexity index is 869. The van der Waals surface area contributed by atoms with E-state index in [1.807, 2.05) is 0 Å². The normalized spacial score (nSPS) is 24.8. The maximum Gasteiger partial charge on any atom is 0.490 e. The highest BCUT2D eigenvalue weighted by Gasteiger charge is 2.42. The standard InChI is InChI=1S/C9H13N3O5.H5O10P3/c13-3-4-6(14)7(15)8(17-4)11-5-1-2-10-9(16)12-5;1-11(2,3)9-13(7,8)10-12(4,5)6/h1-2,4,6-8,13-15H,3H2,(H2,10,11,12,16);(H,7,8)(H2,1,2,3)(H2,4,5,6)/t4-,6-,7+,8?;/m1./s1. The molecule has 18 nitrogen and oxygen atoms in total. The summed E-state index contributed by atoms with van der Waals surface area (Å²) in [6, 6.07) is 1.48. The zero-order valence-corrected chi connectivity index (χ0v) is 17.1. The van der Waals surface area contributed by atoms with E-state index in [0.717, 1.165) is 0 Å². The van der Waals surface area contributed by atoms with Crippen molar-refractivity contribution in [3.63, 3.8) is 0 Å². The van der Waals surface area contributed by atoms with E-state index in [1.54, 1.807) is 0 Å². The molecular formula is C9H18N3O15P3. The van der Waals surface area contributed by atoms with Crippen LogP contribution in [0.2, 0.25) is 0 Å². The van der Waals surface area contributed by atoms with Gasteiger partial charge in [-0.05, 0) is 6.07 Å². The highest BCUT2D eigenvalue weighted by Crippen LogP contribution is 2.64. The minimum atomic E-state index is -5.46. The summed E-state index contributed by atoms with van der Waals surface area (Å²) < 4.78 is 41.5. The molecule has 2 heterocycles. The molecule has 0 bridgehead atoms. The van der Waals surface area contributed by atoms with Gasteiger partial charge in [-0.15, -0.1) is 0 Å². The number of hydrogen-bond acceptors (Lipinski definition) is 12. The van der Waals surface area contributed by atoms with Gasteiger partial charge in [0, 0.05) is 6.20 Å². The van der Waals surface area contributed by atoms with Crippen molar-refractivity contribution in [2.45, 2.75) is 24.5 Å². The molecule has 0 spiro atoms. The molecule has 4 atom stereocenters. The minimum Gasteiger partial charge on any atom is -0.394 e. The molecule has 0 aliphatic carbocycles. The number of phosphoric acid groups is 3. The van der Waals surface area contributed by atoms with Crippen molar-refractivity contribution in [3.05, 3.63) is 22.7 Å². The molecule has 1 aromatic heterocycles. The van der Waals surface area contributed by atoms with Crippen LogP contribution >= 0.6 is 23.5 Å². The van der Waals surface area contributed by atoms with Gasteiger partial charge in [-0.25, -0.2) is 18.5 Å². The van der Waals surface area contributed by atoms with Crippen LogP contribution in [-0.4, -0.2) is 80.9 Å². The van der Waals surface area contributed by atoms with E-state index >= 15 is 0 Å². The van der Waals surface area contributed by atoms with Crippen LogP contribution in [0, 0.1) is 0 Å². The number of hydrogen-bond donors (Lipinski definition) is 10. The van der Waals surface area contributed by atoms with E-state index in [2.05, 4.69) is 23.9 Å². The summed E-state index contributed by atoms with van der Waals surface area (Å²) in [7, 11) is -16.2. The smallest absolute Gasteiger partial charge is 0.394 e. The van der Waals surface area contributed by atoms with Crippen LogP contribution in [0.5, 0.6) is 0 Å². The molecule has 0 amide bonds. The first-order valence-electron chi connectivity index (χ1n) is 7.34. The SMILES string of the molecule is O=P(O)(O)OP(=O)(O)OP(=O)(O)O.O=c1nc(NC2O[C@H](CO)[C@@H](O)[C@@H]2O)cc[nH]1. The van der Waals surface area contributed by atoms with E-state index in [9.17, 15) is 28.7 Å². The van der Waals surface area contributed by atoms with Crippen LogP contribution in [0.4, 0.5) is 5.82 Å². The number of aliphatic hydroxyl groups is 3. The molecule has 174 valence electrons. The van der Waals surface area contributed by atoms with E-state index < -0.39 is 60.3 Å². The third kappa shape index (κ3) is 9.82. The number of ether oxygens (including phenoxy) is 1. The highest BCUT2D eigenvalue weighted by molar-refractivity contribution is 7.66. The first-order chi connectivity index (χ1) is 13.5. The van der Waals surface area contributed by atoms with E-state index in [1.165, 1.54) is 12.3 Å². The van der Waals surface area contributed by atoms with Gasteiger partial charge < -0.3 is 54.8 Å². The highest BCUT2D eigenvalue weighted by atomic mass is 31.3. The summed E-state index contributed by atoms with van der Waals surface area (Å²) in [5.41, 5.74) is -0.540. The third-order valence-electron chi connectivity index (χ3n) is 2.92. The largest absolute Gasteiger partial charge is 0.490 e. The van der Waals surface area contributed by atoms with Gasteiger partial charge in [0.2, 0.25) is 0 Å². The van der Waals surface area contributed by atoms with Crippen molar-refractivity contribution < 1.29 is 66.8 Å². The van der Waals surface area contributed by atoms with E-state index in [-0.39, 0.29) is 5.82 Å². The lowest BCUT2D eigenvalue weighted by Crippen LogP contribution is -2.37. The Morgan fingerprint density at radius 2 is 1.60 bits per heavy atom. The van der Waals surface area contributed by atoms with Gasteiger partial charge in [0.1, 0.15) is 24.1 Å². The van der Waals surface area contributed by atoms with Gasteiger partial charge in [-0.1, -0.05) is 0 Å². The molecule has 2 rings (SSSR count). The Labute approximate surface area is 166 Å². The molecule has 0 aromatic carbocycles. The number of aromatic amines is 1. The fourth-order valence-corrected chi connectivity index (χ4v) is 4.44. The van der Waals surface area contributed by atoms with Crippen molar-refractivity contribution in [2.24, 2.45) is 0 Å². The molecule has 10 N–H and O–H groups in total. The number of nitrogens with zero attached hydrogens (tertiary/aromatic N) is 1. The van der Waals surface area contributed by atoms with Crippen molar-refractivity contribution in [3.8, 4) is 0 Å². The topological polar surface area (TPSA) is 299 Å². The van der Waals surface area contributed by atoms with Crippen LogP contribution in [0.25, 0.3) is 0 Å². The summed E-state index contributed by atoms with van der Waals surface area (Å²) in [6.07, 6.45) is -2.77. The van der Waals surface area contributed by atoms with Gasteiger partial charge in [0.25, 0.3) is 0 Å². The monoisotopic (exact) mass is 501 g/mol. The minimum absolute atomic E-state index is 0.212. The van der Waals surface area contributed by atoms with Crippen molar-refractivity contribution in [1.29, 1.82) is 0 Å². The molecular weight excluding hydrogens is 483 g/mol. The molecule has 1 aromatic rings. The second kappa shape index (κ2) is 10.5. The fraction of sp³-hybridized carbons (Fsp3) is 0.556. The zero-order chi connectivity index (χ0) is 23.3. The van der Waals surface area contributed by atoms with Gasteiger partial charge in [-0.2, -0.15) is 13.6 Å².